The van der Waals surface area contributed by atoms with Crippen molar-refractivity contribution >= 4 is 12.0 Å². The van der Waals surface area contributed by atoms with Gasteiger partial charge in [0.25, 0.3) is 5.69 Å². The molecule has 1 aromatic heterocycles. The van der Waals surface area contributed by atoms with E-state index in [4.69, 9.17) is 0 Å². The highest BCUT2D eigenvalue weighted by atomic mass is 19.4. The molecule has 0 saturated heterocycles. The van der Waals surface area contributed by atoms with E-state index in [-0.39, 0.29) is 6.29 Å². The molecule has 0 N–H and O–H groups in total. The fourth-order valence-corrected chi connectivity index (χ4v) is 1.09. The van der Waals surface area contributed by atoms with Gasteiger partial charge in [-0.3, -0.25) is 14.9 Å². The Kier molecular flexibility index (Phi) is 3.69. The molecule has 0 aliphatic rings. The van der Waals surface area contributed by atoms with Gasteiger partial charge in [-0.1, -0.05) is 0 Å². The van der Waals surface area contributed by atoms with Gasteiger partial charge >= 0.3 is 6.36 Å². The number of alkyl halides is 3. The Morgan fingerprint density at radius 2 is 2.11 bits per heavy atom. The average molecular weight is 266 g/mol. The van der Waals surface area contributed by atoms with Gasteiger partial charge in [0.05, 0.1) is 18.1 Å². The highest BCUT2D eigenvalue weighted by Crippen LogP contribution is 2.31. The molecule has 0 atom stereocenters. The van der Waals surface area contributed by atoms with E-state index in [0.717, 1.165) is 7.11 Å². The Labute approximate surface area is 97.3 Å². The first-order chi connectivity index (χ1) is 8.28. The molecule has 0 aliphatic heterocycles. The number of rotatable bonds is 4. The number of halogens is 3. The fourth-order valence-electron chi connectivity index (χ4n) is 1.09. The lowest BCUT2D eigenvalue weighted by atomic mass is 10.2. The number of methoxy groups -OCH3 is 1. The van der Waals surface area contributed by atoms with E-state index in [1.165, 1.54) is 0 Å². The van der Waals surface area contributed by atoms with Crippen LogP contribution in [0.4, 0.5) is 18.9 Å². The van der Waals surface area contributed by atoms with Gasteiger partial charge < -0.3 is 9.47 Å². The zero-order chi connectivity index (χ0) is 13.9. The van der Waals surface area contributed by atoms with Crippen molar-refractivity contribution in [1.29, 1.82) is 0 Å². The lowest BCUT2D eigenvalue weighted by Crippen LogP contribution is -2.18. The van der Waals surface area contributed by atoms with Crippen molar-refractivity contribution in [2.45, 2.75) is 6.36 Å². The highest BCUT2D eigenvalue weighted by molar-refractivity contribution is 5.84. The lowest BCUT2D eigenvalue weighted by molar-refractivity contribution is -0.385. The molecule has 0 bridgehead atoms. The zero-order valence-corrected chi connectivity index (χ0v) is 8.72. The average Bonchev–Trinajstić information content (AvgIpc) is 2.25. The van der Waals surface area contributed by atoms with Gasteiger partial charge in [0.15, 0.2) is 11.8 Å². The minimum Gasteiger partial charge on any atom is -0.480 e. The number of ether oxygens (including phenoxy) is 2. The number of carbonyl (C=O) groups is 1. The molecule has 10 heteroatoms. The van der Waals surface area contributed by atoms with Crippen molar-refractivity contribution in [2.75, 3.05) is 7.11 Å². The van der Waals surface area contributed by atoms with Gasteiger partial charge in [0.1, 0.15) is 0 Å². The Hall–Kier alpha value is -2.39. The molecule has 0 unspecified atom stereocenters. The maximum Gasteiger partial charge on any atom is 0.574 e. The van der Waals surface area contributed by atoms with Crippen LogP contribution in [0.3, 0.4) is 0 Å². The molecule has 18 heavy (non-hydrogen) atoms. The first kappa shape index (κ1) is 13.7. The largest absolute Gasteiger partial charge is 0.574 e. The molecule has 1 aromatic rings. The number of hydrogen-bond acceptors (Lipinski definition) is 6. The minimum absolute atomic E-state index is 0.0569. The van der Waals surface area contributed by atoms with Crippen LogP contribution in [-0.2, 0) is 0 Å². The third kappa shape index (κ3) is 3.06. The molecule has 0 radical (unpaired) electrons. The predicted octanol–water partition coefficient (Wildman–Crippen LogP) is 1.71. The second-order valence-electron chi connectivity index (χ2n) is 2.83. The number of carbonyl (C=O) groups excluding carboxylic acids is 1. The molecule has 0 saturated carbocycles. The second-order valence-corrected chi connectivity index (χ2v) is 2.83. The van der Waals surface area contributed by atoms with Gasteiger partial charge in [0.2, 0.25) is 11.8 Å². The summed E-state index contributed by atoms with van der Waals surface area (Å²) in [6, 6.07) is 0.389. The number of pyridine rings is 1. The van der Waals surface area contributed by atoms with Gasteiger partial charge in [-0.25, -0.2) is 0 Å². The normalized spacial score (nSPS) is 10.9. The van der Waals surface area contributed by atoms with Crippen LogP contribution in [0.1, 0.15) is 10.4 Å². The first-order valence-electron chi connectivity index (χ1n) is 4.23. The molecule has 98 valence electrons. The van der Waals surface area contributed by atoms with E-state index in [1.54, 1.807) is 0 Å². The minimum atomic E-state index is -5.06. The van der Waals surface area contributed by atoms with Crippen molar-refractivity contribution in [3.05, 3.63) is 21.7 Å². The van der Waals surface area contributed by atoms with E-state index in [2.05, 4.69) is 14.5 Å². The molecule has 0 fully saturated rings. The van der Waals surface area contributed by atoms with E-state index in [9.17, 15) is 28.1 Å². The third-order valence-electron chi connectivity index (χ3n) is 1.71. The number of aromatic nitrogens is 1. The molecule has 0 aromatic carbocycles. The summed E-state index contributed by atoms with van der Waals surface area (Å²) in [6.45, 7) is 0. The number of hydrogen-bond donors (Lipinski definition) is 0. The topological polar surface area (TPSA) is 91.6 Å². The Morgan fingerprint density at radius 1 is 1.50 bits per heavy atom. The lowest BCUT2D eigenvalue weighted by Gasteiger charge is -2.09. The summed E-state index contributed by atoms with van der Waals surface area (Å²) in [4.78, 5) is 23.4. The van der Waals surface area contributed by atoms with Crippen LogP contribution in [0.2, 0.25) is 0 Å². The summed E-state index contributed by atoms with van der Waals surface area (Å²) < 4.78 is 43.8. The molecule has 1 heterocycles. The fraction of sp³-hybridized carbons (Fsp3) is 0.250. The van der Waals surface area contributed by atoms with E-state index >= 15 is 0 Å². The Balaban J connectivity index is 3.36. The number of nitro groups is 1. The molecule has 7 nitrogen and oxygen atoms in total. The van der Waals surface area contributed by atoms with Crippen LogP contribution in [-0.4, -0.2) is 29.7 Å². The van der Waals surface area contributed by atoms with Crippen LogP contribution < -0.4 is 9.47 Å². The predicted molar refractivity (Wildman–Crippen MR) is 49.5 cm³/mol. The van der Waals surface area contributed by atoms with Crippen molar-refractivity contribution < 1.29 is 32.4 Å². The van der Waals surface area contributed by atoms with E-state index in [1.807, 2.05) is 0 Å². The summed E-state index contributed by atoms with van der Waals surface area (Å²) in [5.74, 6) is -1.71. The second kappa shape index (κ2) is 4.85. The first-order valence-corrected chi connectivity index (χ1v) is 4.23. The van der Waals surface area contributed by atoms with Crippen molar-refractivity contribution in [3.63, 3.8) is 0 Å². The SMILES string of the molecule is COc1nc(OC(F)(F)F)cc([N+](=O)[O-])c1C=O. The highest BCUT2D eigenvalue weighted by Gasteiger charge is 2.34. The van der Waals surface area contributed by atoms with Crippen molar-refractivity contribution in [2.24, 2.45) is 0 Å². The van der Waals surface area contributed by atoms with Crippen LogP contribution in [0, 0.1) is 10.1 Å². The molecule has 0 spiro atoms. The van der Waals surface area contributed by atoms with Crippen molar-refractivity contribution in [3.8, 4) is 11.8 Å². The molecule has 1 rings (SSSR count). The van der Waals surface area contributed by atoms with Crippen LogP contribution >= 0.6 is 0 Å². The van der Waals surface area contributed by atoms with E-state index in [0.29, 0.717) is 6.07 Å². The summed E-state index contributed by atoms with van der Waals surface area (Å²) in [5, 5.41) is 10.6. The monoisotopic (exact) mass is 266 g/mol. The van der Waals surface area contributed by atoms with Gasteiger partial charge in [-0.15, -0.1) is 13.2 Å². The third-order valence-corrected chi connectivity index (χ3v) is 1.71. The zero-order valence-electron chi connectivity index (χ0n) is 8.72. The Morgan fingerprint density at radius 3 is 2.50 bits per heavy atom. The summed E-state index contributed by atoms with van der Waals surface area (Å²) >= 11 is 0. The summed E-state index contributed by atoms with van der Waals surface area (Å²) in [7, 11) is 0.996. The van der Waals surface area contributed by atoms with Crippen LogP contribution in [0.25, 0.3) is 0 Å². The smallest absolute Gasteiger partial charge is 0.480 e. The summed E-state index contributed by atoms with van der Waals surface area (Å²) in [5.41, 5.74) is -1.46. The van der Waals surface area contributed by atoms with E-state index < -0.39 is 34.3 Å². The standard InChI is InChI=1S/C8H5F3N2O5/c1-17-7-4(3-14)5(13(15)16)2-6(12-7)18-8(9,10)11/h2-3H,1H3. The Bertz CT molecular complexity index is 488. The van der Waals surface area contributed by atoms with Crippen molar-refractivity contribution in [1.82, 2.24) is 4.98 Å². The van der Waals surface area contributed by atoms with Gasteiger partial charge in [-0.2, -0.15) is 4.98 Å². The van der Waals surface area contributed by atoms with Crippen LogP contribution in [0.5, 0.6) is 11.8 Å². The molecule has 0 aliphatic carbocycles. The number of nitrogens with zero attached hydrogens (tertiary/aromatic N) is 2. The molecular formula is C8H5F3N2O5. The van der Waals surface area contributed by atoms with Gasteiger partial charge in [0, 0.05) is 0 Å². The maximum atomic E-state index is 11.9. The quantitative estimate of drug-likeness (QED) is 0.468. The summed E-state index contributed by atoms with van der Waals surface area (Å²) in [6.07, 6.45) is -5.00. The van der Waals surface area contributed by atoms with Crippen LogP contribution in [0.15, 0.2) is 6.07 Å². The van der Waals surface area contributed by atoms with Gasteiger partial charge in [-0.05, 0) is 0 Å². The molecule has 0 amide bonds. The number of aldehydes is 1. The molecular weight excluding hydrogens is 261 g/mol. The maximum absolute atomic E-state index is 11.9.